The van der Waals surface area contributed by atoms with Crippen molar-refractivity contribution in [2.75, 3.05) is 0 Å². The fourth-order valence-electron chi connectivity index (χ4n) is 1.79. The van der Waals surface area contributed by atoms with Gasteiger partial charge in [-0.05, 0) is 23.6 Å². The number of benzene rings is 2. The molecule has 2 aromatic carbocycles. The van der Waals surface area contributed by atoms with Gasteiger partial charge in [-0.15, -0.1) is 0 Å². The Labute approximate surface area is 102 Å². The SMILES string of the molecule is CC(O)c1ccccc1/C=C/c1ccccc1. The molecule has 0 saturated heterocycles. The summed E-state index contributed by atoms with van der Waals surface area (Å²) < 4.78 is 0. The summed E-state index contributed by atoms with van der Waals surface area (Å²) >= 11 is 0. The Bertz CT molecular complexity index is 498. The monoisotopic (exact) mass is 224 g/mol. The largest absolute Gasteiger partial charge is 0.389 e. The highest BCUT2D eigenvalue weighted by molar-refractivity contribution is 5.71. The van der Waals surface area contributed by atoms with Crippen molar-refractivity contribution in [2.45, 2.75) is 13.0 Å². The molecule has 2 rings (SSSR count). The van der Waals surface area contributed by atoms with E-state index in [1.54, 1.807) is 6.92 Å². The van der Waals surface area contributed by atoms with Crippen molar-refractivity contribution in [3.05, 3.63) is 71.3 Å². The minimum Gasteiger partial charge on any atom is -0.389 e. The highest BCUT2D eigenvalue weighted by Crippen LogP contribution is 2.19. The molecule has 0 fully saturated rings. The topological polar surface area (TPSA) is 20.2 Å². The molecule has 1 N–H and O–H groups in total. The van der Waals surface area contributed by atoms with Crippen molar-refractivity contribution in [1.82, 2.24) is 0 Å². The highest BCUT2D eigenvalue weighted by atomic mass is 16.3. The van der Waals surface area contributed by atoms with E-state index in [0.29, 0.717) is 0 Å². The van der Waals surface area contributed by atoms with Gasteiger partial charge in [0.2, 0.25) is 0 Å². The molecule has 0 saturated carbocycles. The Hall–Kier alpha value is -1.86. The summed E-state index contributed by atoms with van der Waals surface area (Å²) in [6.07, 6.45) is 3.66. The van der Waals surface area contributed by atoms with Crippen LogP contribution in [0.3, 0.4) is 0 Å². The predicted octanol–water partition coefficient (Wildman–Crippen LogP) is 3.91. The smallest absolute Gasteiger partial charge is 0.0767 e. The maximum Gasteiger partial charge on any atom is 0.0767 e. The zero-order chi connectivity index (χ0) is 12.1. The van der Waals surface area contributed by atoms with Gasteiger partial charge >= 0.3 is 0 Å². The maximum absolute atomic E-state index is 9.67. The van der Waals surface area contributed by atoms with Crippen LogP contribution in [0.1, 0.15) is 29.7 Å². The minimum atomic E-state index is -0.438. The molecule has 1 heteroatoms. The van der Waals surface area contributed by atoms with Crippen molar-refractivity contribution >= 4 is 12.2 Å². The lowest BCUT2D eigenvalue weighted by molar-refractivity contribution is 0.199. The third kappa shape index (κ3) is 3.05. The number of rotatable bonds is 3. The quantitative estimate of drug-likeness (QED) is 0.784. The fourth-order valence-corrected chi connectivity index (χ4v) is 1.79. The second-order valence-electron chi connectivity index (χ2n) is 4.05. The third-order valence-corrected chi connectivity index (χ3v) is 2.70. The van der Waals surface area contributed by atoms with E-state index in [1.165, 1.54) is 0 Å². The van der Waals surface area contributed by atoms with Crippen LogP contribution in [-0.4, -0.2) is 5.11 Å². The molecular weight excluding hydrogens is 208 g/mol. The summed E-state index contributed by atoms with van der Waals surface area (Å²) in [5.74, 6) is 0. The summed E-state index contributed by atoms with van der Waals surface area (Å²) in [6, 6.07) is 18.0. The second-order valence-corrected chi connectivity index (χ2v) is 4.05. The van der Waals surface area contributed by atoms with Crippen LogP contribution >= 0.6 is 0 Å². The van der Waals surface area contributed by atoms with Crippen LogP contribution in [0.4, 0.5) is 0 Å². The first kappa shape index (κ1) is 11.6. The molecule has 2 aromatic rings. The van der Waals surface area contributed by atoms with Gasteiger partial charge in [0.15, 0.2) is 0 Å². The van der Waals surface area contributed by atoms with Gasteiger partial charge < -0.3 is 5.11 Å². The Morgan fingerprint density at radius 3 is 2.24 bits per heavy atom. The van der Waals surface area contributed by atoms with Crippen molar-refractivity contribution in [3.8, 4) is 0 Å². The Kier molecular flexibility index (Phi) is 3.73. The highest BCUT2D eigenvalue weighted by Gasteiger charge is 2.03. The molecule has 0 aliphatic heterocycles. The summed E-state index contributed by atoms with van der Waals surface area (Å²) in [5.41, 5.74) is 3.18. The number of aliphatic hydroxyl groups excluding tert-OH is 1. The lowest BCUT2D eigenvalue weighted by Gasteiger charge is -2.08. The normalized spacial score (nSPS) is 12.8. The van der Waals surface area contributed by atoms with E-state index in [9.17, 15) is 5.11 Å². The van der Waals surface area contributed by atoms with Crippen LogP contribution in [0.2, 0.25) is 0 Å². The third-order valence-electron chi connectivity index (χ3n) is 2.70. The van der Waals surface area contributed by atoms with Gasteiger partial charge in [-0.25, -0.2) is 0 Å². The number of hydrogen-bond donors (Lipinski definition) is 1. The molecule has 0 spiro atoms. The number of aliphatic hydroxyl groups is 1. The van der Waals surface area contributed by atoms with Crippen molar-refractivity contribution in [3.63, 3.8) is 0 Å². The molecule has 0 bridgehead atoms. The van der Waals surface area contributed by atoms with E-state index in [1.807, 2.05) is 48.5 Å². The Morgan fingerprint density at radius 2 is 1.53 bits per heavy atom. The van der Waals surface area contributed by atoms with E-state index in [4.69, 9.17) is 0 Å². The Morgan fingerprint density at radius 1 is 0.882 bits per heavy atom. The maximum atomic E-state index is 9.67. The Balaban J connectivity index is 2.27. The van der Waals surface area contributed by atoms with Crippen LogP contribution in [-0.2, 0) is 0 Å². The molecular formula is C16H16O. The van der Waals surface area contributed by atoms with Gasteiger partial charge in [-0.3, -0.25) is 0 Å². The van der Waals surface area contributed by atoms with Crippen LogP contribution < -0.4 is 0 Å². The molecule has 86 valence electrons. The van der Waals surface area contributed by atoms with E-state index in [0.717, 1.165) is 16.7 Å². The van der Waals surface area contributed by atoms with Gasteiger partial charge in [-0.2, -0.15) is 0 Å². The van der Waals surface area contributed by atoms with Gasteiger partial charge in [0.1, 0.15) is 0 Å². The standard InChI is InChI=1S/C16H16O/c1-13(17)16-10-6-5-9-15(16)12-11-14-7-3-2-4-8-14/h2-13,17H,1H3/b12-11+. The van der Waals surface area contributed by atoms with Crippen molar-refractivity contribution in [2.24, 2.45) is 0 Å². The fraction of sp³-hybridized carbons (Fsp3) is 0.125. The van der Waals surface area contributed by atoms with Gasteiger partial charge in [-0.1, -0.05) is 66.7 Å². The zero-order valence-electron chi connectivity index (χ0n) is 9.88. The molecule has 0 aliphatic carbocycles. The summed E-state index contributed by atoms with van der Waals surface area (Å²) in [6.45, 7) is 1.79. The molecule has 0 radical (unpaired) electrons. The predicted molar refractivity (Wildman–Crippen MR) is 72.4 cm³/mol. The average molecular weight is 224 g/mol. The summed E-state index contributed by atoms with van der Waals surface area (Å²) in [5, 5.41) is 9.67. The second kappa shape index (κ2) is 5.46. The van der Waals surface area contributed by atoms with E-state index in [-0.39, 0.29) is 0 Å². The van der Waals surface area contributed by atoms with Gasteiger partial charge in [0.05, 0.1) is 6.10 Å². The molecule has 0 heterocycles. The average Bonchev–Trinajstić information content (AvgIpc) is 2.38. The van der Waals surface area contributed by atoms with Crippen LogP contribution in [0, 0.1) is 0 Å². The first-order valence-corrected chi connectivity index (χ1v) is 5.77. The van der Waals surface area contributed by atoms with Gasteiger partial charge in [0.25, 0.3) is 0 Å². The van der Waals surface area contributed by atoms with Crippen LogP contribution in [0.5, 0.6) is 0 Å². The summed E-state index contributed by atoms with van der Waals surface area (Å²) in [4.78, 5) is 0. The molecule has 0 amide bonds. The lowest BCUT2D eigenvalue weighted by atomic mass is 10.0. The minimum absolute atomic E-state index is 0.438. The molecule has 1 atom stereocenters. The molecule has 1 nitrogen and oxygen atoms in total. The molecule has 1 unspecified atom stereocenters. The van der Waals surface area contributed by atoms with Crippen molar-refractivity contribution in [1.29, 1.82) is 0 Å². The molecule has 0 aliphatic rings. The first-order valence-electron chi connectivity index (χ1n) is 5.77. The van der Waals surface area contributed by atoms with Gasteiger partial charge in [0, 0.05) is 0 Å². The lowest BCUT2D eigenvalue weighted by Crippen LogP contribution is -1.93. The van der Waals surface area contributed by atoms with Crippen LogP contribution in [0.15, 0.2) is 54.6 Å². The van der Waals surface area contributed by atoms with E-state index in [2.05, 4.69) is 18.2 Å². The van der Waals surface area contributed by atoms with E-state index >= 15 is 0 Å². The molecule has 0 aromatic heterocycles. The first-order chi connectivity index (χ1) is 8.27. The number of hydrogen-bond acceptors (Lipinski definition) is 1. The zero-order valence-corrected chi connectivity index (χ0v) is 9.88. The molecule has 17 heavy (non-hydrogen) atoms. The van der Waals surface area contributed by atoms with E-state index < -0.39 is 6.10 Å². The summed E-state index contributed by atoms with van der Waals surface area (Å²) in [7, 11) is 0. The van der Waals surface area contributed by atoms with Crippen molar-refractivity contribution < 1.29 is 5.11 Å². The van der Waals surface area contributed by atoms with Crippen LogP contribution in [0.25, 0.3) is 12.2 Å².